The number of halogens is 2. The van der Waals surface area contributed by atoms with Gasteiger partial charge in [-0.25, -0.2) is 8.78 Å². The van der Waals surface area contributed by atoms with E-state index >= 15 is 0 Å². The highest BCUT2D eigenvalue weighted by molar-refractivity contribution is 4.51. The summed E-state index contributed by atoms with van der Waals surface area (Å²) in [5.74, 6) is 0. The molecule has 1 fully saturated rings. The lowest BCUT2D eigenvalue weighted by atomic mass is 10.6. The van der Waals surface area contributed by atoms with Crippen molar-refractivity contribution in [2.24, 2.45) is 0 Å². The Morgan fingerprint density at radius 1 is 1.00 bits per heavy atom. The van der Waals surface area contributed by atoms with E-state index < -0.39 is 12.7 Å². The van der Waals surface area contributed by atoms with Crippen molar-refractivity contribution in [3.05, 3.63) is 0 Å². The molecular formula is C4H6F2O2. The van der Waals surface area contributed by atoms with Crippen LogP contribution >= 0.6 is 0 Å². The van der Waals surface area contributed by atoms with E-state index in [0.29, 0.717) is 0 Å². The van der Waals surface area contributed by atoms with E-state index in [0.717, 1.165) is 0 Å². The molecule has 0 N–H and O–H groups in total. The van der Waals surface area contributed by atoms with Crippen molar-refractivity contribution in [2.75, 3.05) is 13.2 Å². The number of rotatable bonds is 0. The quantitative estimate of drug-likeness (QED) is 0.471. The molecule has 1 aliphatic heterocycles. The van der Waals surface area contributed by atoms with E-state index in [9.17, 15) is 8.78 Å². The van der Waals surface area contributed by atoms with Crippen LogP contribution in [0.25, 0.3) is 0 Å². The Bertz CT molecular complexity index is 68.4. The fourth-order valence-electron chi connectivity index (χ4n) is 0.473. The second kappa shape index (κ2) is 2.37. The summed E-state index contributed by atoms with van der Waals surface area (Å²) in [5.41, 5.74) is 0. The first-order valence-electron chi connectivity index (χ1n) is 2.32. The molecule has 1 heterocycles. The maximum Gasteiger partial charge on any atom is 0.255 e. The molecule has 0 aromatic carbocycles. The van der Waals surface area contributed by atoms with Gasteiger partial charge in [0.05, 0.1) is 13.2 Å². The molecule has 4 heteroatoms. The zero-order valence-electron chi connectivity index (χ0n) is 4.14. The molecule has 0 aliphatic carbocycles. The molecule has 0 radical (unpaired) electrons. The van der Waals surface area contributed by atoms with E-state index in [-0.39, 0.29) is 13.2 Å². The Morgan fingerprint density at radius 3 is 1.62 bits per heavy atom. The number of hydrogen-bond acceptors (Lipinski definition) is 2. The van der Waals surface area contributed by atoms with Gasteiger partial charge in [0.1, 0.15) is 0 Å². The predicted molar refractivity (Wildman–Crippen MR) is 21.7 cm³/mol. The third-order valence-electron chi connectivity index (χ3n) is 0.844. The minimum Gasteiger partial charge on any atom is -0.342 e. The maximum atomic E-state index is 11.9. The summed E-state index contributed by atoms with van der Waals surface area (Å²) in [5, 5.41) is 0. The van der Waals surface area contributed by atoms with Gasteiger partial charge in [-0.15, -0.1) is 0 Å². The molecule has 0 amide bonds. The van der Waals surface area contributed by atoms with Gasteiger partial charge >= 0.3 is 0 Å². The van der Waals surface area contributed by atoms with Crippen LogP contribution in [0.15, 0.2) is 0 Å². The lowest BCUT2D eigenvalue weighted by Crippen LogP contribution is -2.31. The Kier molecular flexibility index (Phi) is 1.75. The van der Waals surface area contributed by atoms with Crippen LogP contribution in [0.2, 0.25) is 0 Å². The average molecular weight is 124 g/mol. The van der Waals surface area contributed by atoms with Crippen molar-refractivity contribution in [2.45, 2.75) is 12.7 Å². The molecule has 1 rings (SSSR count). The van der Waals surface area contributed by atoms with Crippen LogP contribution < -0.4 is 0 Å². The van der Waals surface area contributed by atoms with Crippen LogP contribution in [-0.4, -0.2) is 25.9 Å². The summed E-state index contributed by atoms with van der Waals surface area (Å²) < 4.78 is 32.2. The van der Waals surface area contributed by atoms with Gasteiger partial charge in [-0.1, -0.05) is 0 Å². The minimum atomic E-state index is -1.89. The Balaban J connectivity index is 2.28. The first-order chi connectivity index (χ1) is 3.80. The van der Waals surface area contributed by atoms with E-state index in [4.69, 9.17) is 0 Å². The largest absolute Gasteiger partial charge is 0.342 e. The second-order valence-corrected chi connectivity index (χ2v) is 1.44. The van der Waals surface area contributed by atoms with Gasteiger partial charge in [0.25, 0.3) is 12.7 Å². The summed E-state index contributed by atoms with van der Waals surface area (Å²) in [6, 6.07) is 0. The molecule has 0 bridgehead atoms. The Hall–Kier alpha value is -0.220. The second-order valence-electron chi connectivity index (χ2n) is 1.44. The van der Waals surface area contributed by atoms with Gasteiger partial charge in [0.2, 0.25) is 0 Å². The van der Waals surface area contributed by atoms with Gasteiger partial charge < -0.3 is 9.47 Å². The lowest BCUT2D eigenvalue weighted by Gasteiger charge is -2.19. The van der Waals surface area contributed by atoms with E-state index in [1.54, 1.807) is 0 Å². The highest BCUT2D eigenvalue weighted by atomic mass is 19.2. The van der Waals surface area contributed by atoms with E-state index in [1.807, 2.05) is 0 Å². The molecular weight excluding hydrogens is 118 g/mol. The standard InChI is InChI=1S/C4H6F2O2/c5-3-4(6)8-2-1-7-3/h3-4H,1-2H2/t3-,4+. The fraction of sp³-hybridized carbons (Fsp3) is 1.00. The van der Waals surface area contributed by atoms with Crippen molar-refractivity contribution in [1.29, 1.82) is 0 Å². The minimum absolute atomic E-state index is 0.140. The first kappa shape index (κ1) is 5.91. The third-order valence-corrected chi connectivity index (χ3v) is 0.844. The molecule has 48 valence electrons. The molecule has 0 spiro atoms. The fourth-order valence-corrected chi connectivity index (χ4v) is 0.473. The van der Waals surface area contributed by atoms with Crippen molar-refractivity contribution in [3.63, 3.8) is 0 Å². The lowest BCUT2D eigenvalue weighted by molar-refractivity contribution is -0.235. The first-order valence-corrected chi connectivity index (χ1v) is 2.32. The average Bonchev–Trinajstić information content (AvgIpc) is 1.77. The molecule has 2 atom stereocenters. The van der Waals surface area contributed by atoms with Crippen molar-refractivity contribution in [1.82, 2.24) is 0 Å². The summed E-state index contributed by atoms with van der Waals surface area (Å²) in [6.07, 6.45) is -3.77. The molecule has 8 heavy (non-hydrogen) atoms. The highest BCUT2D eigenvalue weighted by Crippen LogP contribution is 2.11. The van der Waals surface area contributed by atoms with E-state index in [2.05, 4.69) is 9.47 Å². The third kappa shape index (κ3) is 1.14. The van der Waals surface area contributed by atoms with Gasteiger partial charge in [-0.3, -0.25) is 0 Å². The number of alkyl halides is 2. The topological polar surface area (TPSA) is 18.5 Å². The molecule has 1 aliphatic rings. The summed E-state index contributed by atoms with van der Waals surface area (Å²) in [6.45, 7) is 0.281. The number of hydrogen-bond donors (Lipinski definition) is 0. The normalized spacial score (nSPS) is 39.8. The van der Waals surface area contributed by atoms with Crippen molar-refractivity contribution < 1.29 is 18.3 Å². The SMILES string of the molecule is F[C@@H]1OCCO[C@@H]1F. The molecule has 0 aromatic heterocycles. The molecule has 2 nitrogen and oxygen atoms in total. The molecule has 0 unspecified atom stereocenters. The summed E-state index contributed by atoms with van der Waals surface area (Å²) in [7, 11) is 0. The Labute approximate surface area is 45.4 Å². The molecule has 0 aromatic rings. The Morgan fingerprint density at radius 2 is 1.38 bits per heavy atom. The zero-order valence-corrected chi connectivity index (χ0v) is 4.14. The maximum absolute atomic E-state index is 11.9. The van der Waals surface area contributed by atoms with Gasteiger partial charge in [-0.05, 0) is 0 Å². The zero-order chi connectivity index (χ0) is 5.98. The monoisotopic (exact) mass is 124 g/mol. The van der Waals surface area contributed by atoms with Gasteiger partial charge in [-0.2, -0.15) is 0 Å². The van der Waals surface area contributed by atoms with Crippen molar-refractivity contribution >= 4 is 0 Å². The smallest absolute Gasteiger partial charge is 0.255 e. The number of ether oxygens (including phenoxy) is 2. The van der Waals surface area contributed by atoms with Crippen LogP contribution in [0, 0.1) is 0 Å². The van der Waals surface area contributed by atoms with Crippen LogP contribution in [0.1, 0.15) is 0 Å². The van der Waals surface area contributed by atoms with Crippen LogP contribution in [0.5, 0.6) is 0 Å². The molecule has 1 saturated heterocycles. The predicted octanol–water partition coefficient (Wildman–Crippen LogP) is 0.624. The van der Waals surface area contributed by atoms with E-state index in [1.165, 1.54) is 0 Å². The summed E-state index contributed by atoms with van der Waals surface area (Å²) >= 11 is 0. The van der Waals surface area contributed by atoms with Crippen LogP contribution in [0.4, 0.5) is 8.78 Å². The molecule has 0 saturated carbocycles. The summed E-state index contributed by atoms with van der Waals surface area (Å²) in [4.78, 5) is 0. The van der Waals surface area contributed by atoms with Crippen LogP contribution in [-0.2, 0) is 9.47 Å². The van der Waals surface area contributed by atoms with Gasteiger partial charge in [0.15, 0.2) is 0 Å². The highest BCUT2D eigenvalue weighted by Gasteiger charge is 2.25. The van der Waals surface area contributed by atoms with Crippen LogP contribution in [0.3, 0.4) is 0 Å². The van der Waals surface area contributed by atoms with Gasteiger partial charge in [0, 0.05) is 0 Å². The van der Waals surface area contributed by atoms with Crippen molar-refractivity contribution in [3.8, 4) is 0 Å².